The van der Waals surface area contributed by atoms with Crippen molar-refractivity contribution in [2.24, 2.45) is 11.7 Å². The lowest BCUT2D eigenvalue weighted by atomic mass is 9.99. The quantitative estimate of drug-likeness (QED) is 0.629. The monoisotopic (exact) mass is 214 g/mol. The van der Waals surface area contributed by atoms with Gasteiger partial charge in [-0.3, -0.25) is 9.59 Å². The Morgan fingerprint density at radius 3 is 2.27 bits per heavy atom. The summed E-state index contributed by atoms with van der Waals surface area (Å²) < 4.78 is 0. The van der Waals surface area contributed by atoms with Crippen LogP contribution in [0.2, 0.25) is 0 Å². The topological polar surface area (TPSA) is 72.2 Å². The van der Waals surface area contributed by atoms with Gasteiger partial charge in [-0.2, -0.15) is 0 Å². The van der Waals surface area contributed by atoms with Crippen molar-refractivity contribution in [2.75, 3.05) is 6.54 Å². The number of amides is 1. The molecule has 0 saturated heterocycles. The van der Waals surface area contributed by atoms with Crippen LogP contribution in [0.15, 0.2) is 0 Å². The molecular formula is C11H22N2O2. The average Bonchev–Trinajstić information content (AvgIpc) is 2.13. The number of ketones is 1. The van der Waals surface area contributed by atoms with Gasteiger partial charge in [0.2, 0.25) is 5.91 Å². The maximum Gasteiger partial charge on any atom is 0.218 e. The third-order valence-electron chi connectivity index (χ3n) is 2.22. The molecule has 1 unspecified atom stereocenters. The van der Waals surface area contributed by atoms with Crippen molar-refractivity contribution < 1.29 is 9.59 Å². The van der Waals surface area contributed by atoms with Crippen molar-refractivity contribution in [3.05, 3.63) is 0 Å². The molecule has 0 spiro atoms. The van der Waals surface area contributed by atoms with E-state index in [1.807, 2.05) is 20.8 Å². The predicted molar refractivity (Wildman–Crippen MR) is 60.4 cm³/mol. The van der Waals surface area contributed by atoms with E-state index >= 15 is 0 Å². The second-order valence-corrected chi connectivity index (χ2v) is 4.15. The molecule has 0 radical (unpaired) electrons. The summed E-state index contributed by atoms with van der Waals surface area (Å²) in [7, 11) is 0. The Morgan fingerprint density at radius 2 is 1.87 bits per heavy atom. The van der Waals surface area contributed by atoms with E-state index in [0.717, 1.165) is 13.0 Å². The first-order valence-electron chi connectivity index (χ1n) is 5.51. The molecule has 0 aromatic rings. The largest absolute Gasteiger partial charge is 0.370 e. The second-order valence-electron chi connectivity index (χ2n) is 4.15. The lowest BCUT2D eigenvalue weighted by molar-refractivity contribution is -0.123. The van der Waals surface area contributed by atoms with E-state index in [4.69, 9.17) is 5.73 Å². The van der Waals surface area contributed by atoms with Crippen LogP contribution in [0.25, 0.3) is 0 Å². The van der Waals surface area contributed by atoms with Crippen LogP contribution in [0.3, 0.4) is 0 Å². The standard InChI is InChI=1S/C11H22N2O2/c1-4-5-13-9(7-11(12)15)6-10(14)8(2)3/h8-9,13H,4-7H2,1-3H3,(H2,12,15). The van der Waals surface area contributed by atoms with Gasteiger partial charge in [0.05, 0.1) is 0 Å². The van der Waals surface area contributed by atoms with Gasteiger partial charge in [-0.25, -0.2) is 0 Å². The summed E-state index contributed by atoms with van der Waals surface area (Å²) in [5, 5.41) is 3.16. The molecule has 1 amide bonds. The highest BCUT2D eigenvalue weighted by Crippen LogP contribution is 2.05. The van der Waals surface area contributed by atoms with Crippen LogP contribution in [0.1, 0.15) is 40.0 Å². The van der Waals surface area contributed by atoms with Gasteiger partial charge in [0.15, 0.2) is 0 Å². The number of rotatable bonds is 8. The number of Topliss-reactive ketones (excluding diaryl/α,β-unsaturated/α-hetero) is 1. The first-order valence-corrected chi connectivity index (χ1v) is 5.51. The van der Waals surface area contributed by atoms with Crippen molar-refractivity contribution >= 4 is 11.7 Å². The summed E-state index contributed by atoms with van der Waals surface area (Å²) >= 11 is 0. The minimum Gasteiger partial charge on any atom is -0.370 e. The zero-order valence-corrected chi connectivity index (χ0v) is 9.88. The Hall–Kier alpha value is -0.900. The van der Waals surface area contributed by atoms with Gasteiger partial charge in [-0.15, -0.1) is 0 Å². The van der Waals surface area contributed by atoms with Gasteiger partial charge in [-0.05, 0) is 13.0 Å². The zero-order chi connectivity index (χ0) is 11.8. The van der Waals surface area contributed by atoms with E-state index in [-0.39, 0.29) is 30.1 Å². The molecule has 1 atom stereocenters. The van der Waals surface area contributed by atoms with E-state index < -0.39 is 0 Å². The third kappa shape index (κ3) is 7.08. The summed E-state index contributed by atoms with van der Waals surface area (Å²) in [4.78, 5) is 22.3. The highest BCUT2D eigenvalue weighted by molar-refractivity contribution is 5.82. The number of hydrogen-bond acceptors (Lipinski definition) is 3. The summed E-state index contributed by atoms with van der Waals surface area (Å²) in [6, 6.07) is -0.0997. The summed E-state index contributed by atoms with van der Waals surface area (Å²) in [5.41, 5.74) is 5.13. The summed E-state index contributed by atoms with van der Waals surface area (Å²) in [6.07, 6.45) is 1.60. The van der Waals surface area contributed by atoms with E-state index in [9.17, 15) is 9.59 Å². The highest BCUT2D eigenvalue weighted by Gasteiger charge is 2.17. The molecule has 0 aliphatic rings. The molecule has 4 heteroatoms. The summed E-state index contributed by atoms with van der Waals surface area (Å²) in [5.74, 6) is -0.172. The Kier molecular flexibility index (Phi) is 6.96. The fourth-order valence-electron chi connectivity index (χ4n) is 1.29. The van der Waals surface area contributed by atoms with Crippen LogP contribution in [0.4, 0.5) is 0 Å². The molecule has 15 heavy (non-hydrogen) atoms. The van der Waals surface area contributed by atoms with Gasteiger partial charge in [-0.1, -0.05) is 20.8 Å². The van der Waals surface area contributed by atoms with Crippen molar-refractivity contribution in [2.45, 2.75) is 46.1 Å². The van der Waals surface area contributed by atoms with E-state index in [1.165, 1.54) is 0 Å². The van der Waals surface area contributed by atoms with E-state index in [0.29, 0.717) is 6.42 Å². The van der Waals surface area contributed by atoms with Crippen molar-refractivity contribution in [3.8, 4) is 0 Å². The van der Waals surface area contributed by atoms with Crippen molar-refractivity contribution in [1.29, 1.82) is 0 Å². The zero-order valence-electron chi connectivity index (χ0n) is 9.88. The molecule has 0 aromatic carbocycles. The molecule has 0 fully saturated rings. The predicted octanol–water partition coefficient (Wildman–Crippen LogP) is 0.845. The Bertz CT molecular complexity index is 215. The number of carbonyl (C=O) groups is 2. The minimum atomic E-state index is -0.361. The highest BCUT2D eigenvalue weighted by atomic mass is 16.1. The first-order chi connectivity index (χ1) is 6.97. The first kappa shape index (κ1) is 14.1. The molecule has 4 nitrogen and oxygen atoms in total. The molecule has 0 rings (SSSR count). The maximum atomic E-state index is 11.5. The Balaban J connectivity index is 4.10. The number of carbonyl (C=O) groups excluding carboxylic acids is 2. The molecule has 3 N–H and O–H groups in total. The average molecular weight is 214 g/mol. The number of primary amides is 1. The van der Waals surface area contributed by atoms with Crippen LogP contribution in [0, 0.1) is 5.92 Å². The van der Waals surface area contributed by atoms with Crippen LogP contribution in [-0.4, -0.2) is 24.3 Å². The van der Waals surface area contributed by atoms with Crippen molar-refractivity contribution in [3.63, 3.8) is 0 Å². The van der Waals surface area contributed by atoms with Crippen LogP contribution in [0.5, 0.6) is 0 Å². The third-order valence-corrected chi connectivity index (χ3v) is 2.22. The number of nitrogens with one attached hydrogen (secondary N) is 1. The summed E-state index contributed by atoms with van der Waals surface area (Å²) in [6.45, 7) is 6.58. The molecule has 0 aliphatic carbocycles. The van der Waals surface area contributed by atoms with Gasteiger partial charge in [0.1, 0.15) is 5.78 Å². The molecule has 0 bridgehead atoms. The van der Waals surface area contributed by atoms with E-state index in [2.05, 4.69) is 5.32 Å². The fraction of sp³-hybridized carbons (Fsp3) is 0.818. The molecule has 0 aromatic heterocycles. The van der Waals surface area contributed by atoms with E-state index in [1.54, 1.807) is 0 Å². The normalized spacial score (nSPS) is 12.8. The lowest BCUT2D eigenvalue weighted by Gasteiger charge is -2.17. The Morgan fingerprint density at radius 1 is 1.27 bits per heavy atom. The van der Waals surface area contributed by atoms with Crippen molar-refractivity contribution in [1.82, 2.24) is 5.32 Å². The number of nitrogens with two attached hydrogens (primary N) is 1. The maximum absolute atomic E-state index is 11.5. The molecular weight excluding hydrogens is 192 g/mol. The molecule has 0 saturated carbocycles. The second kappa shape index (κ2) is 7.40. The molecule has 0 heterocycles. The lowest BCUT2D eigenvalue weighted by Crippen LogP contribution is -2.36. The Labute approximate surface area is 91.6 Å². The molecule has 88 valence electrons. The van der Waals surface area contributed by atoms with Gasteiger partial charge < -0.3 is 11.1 Å². The fourth-order valence-corrected chi connectivity index (χ4v) is 1.29. The van der Waals surface area contributed by atoms with Gasteiger partial charge in [0.25, 0.3) is 0 Å². The van der Waals surface area contributed by atoms with Crippen LogP contribution < -0.4 is 11.1 Å². The number of hydrogen-bond donors (Lipinski definition) is 2. The van der Waals surface area contributed by atoms with Gasteiger partial charge >= 0.3 is 0 Å². The van der Waals surface area contributed by atoms with Gasteiger partial charge in [0, 0.05) is 24.8 Å². The smallest absolute Gasteiger partial charge is 0.218 e. The SMILES string of the molecule is CCCNC(CC(N)=O)CC(=O)C(C)C. The minimum absolute atomic E-state index is 0.0174. The molecule has 0 aliphatic heterocycles. The van der Waals surface area contributed by atoms with Crippen LogP contribution >= 0.6 is 0 Å². The van der Waals surface area contributed by atoms with Crippen LogP contribution in [-0.2, 0) is 9.59 Å².